The Morgan fingerprint density at radius 2 is 1.81 bits per heavy atom. The Bertz CT molecular complexity index is 214. The Labute approximate surface area is 99.4 Å². The molecule has 1 N–H and O–H groups in total. The van der Waals surface area contributed by atoms with E-state index in [2.05, 4.69) is 23.6 Å². The van der Waals surface area contributed by atoms with Crippen molar-refractivity contribution in [3.8, 4) is 0 Å². The first-order valence-corrected chi connectivity index (χ1v) is 6.85. The van der Waals surface area contributed by atoms with Crippen LogP contribution in [0.4, 0.5) is 0 Å². The van der Waals surface area contributed by atoms with Crippen LogP contribution in [0.1, 0.15) is 33.1 Å². The molecule has 1 aliphatic heterocycles. The van der Waals surface area contributed by atoms with Gasteiger partial charge in [0.15, 0.2) is 0 Å². The maximum Gasteiger partial charge on any atom is 0.0555 e. The van der Waals surface area contributed by atoms with E-state index in [1.54, 1.807) is 0 Å². The van der Waals surface area contributed by atoms with Crippen molar-refractivity contribution in [1.29, 1.82) is 0 Å². The molecule has 3 unspecified atom stereocenters. The zero-order chi connectivity index (χ0) is 11.5. The Kier molecular flexibility index (Phi) is 4.22. The van der Waals surface area contributed by atoms with Crippen LogP contribution in [-0.2, 0) is 0 Å². The van der Waals surface area contributed by atoms with Crippen molar-refractivity contribution in [2.45, 2.75) is 45.3 Å². The number of rotatable bonds is 2. The molecule has 3 nitrogen and oxygen atoms in total. The fourth-order valence-corrected chi connectivity index (χ4v) is 3.20. The van der Waals surface area contributed by atoms with Gasteiger partial charge in [0.05, 0.1) is 6.10 Å². The van der Waals surface area contributed by atoms with Crippen LogP contribution in [0.5, 0.6) is 0 Å². The molecule has 0 bridgehead atoms. The molecule has 1 saturated carbocycles. The van der Waals surface area contributed by atoms with Gasteiger partial charge < -0.3 is 10.0 Å². The maximum atomic E-state index is 9.79. The van der Waals surface area contributed by atoms with Crippen molar-refractivity contribution in [3.05, 3.63) is 0 Å². The monoisotopic (exact) mass is 226 g/mol. The van der Waals surface area contributed by atoms with E-state index in [1.807, 2.05) is 0 Å². The molecule has 1 saturated heterocycles. The van der Waals surface area contributed by atoms with Gasteiger partial charge in [-0.25, -0.2) is 0 Å². The minimum absolute atomic E-state index is 0.0506. The predicted molar refractivity (Wildman–Crippen MR) is 66.5 cm³/mol. The van der Waals surface area contributed by atoms with E-state index in [-0.39, 0.29) is 6.10 Å². The number of likely N-dealkylation sites (N-methyl/N-ethyl adjacent to an activating group) is 1. The number of aliphatic hydroxyl groups excluding tert-OH is 1. The first-order chi connectivity index (χ1) is 7.70. The van der Waals surface area contributed by atoms with Crippen molar-refractivity contribution < 1.29 is 5.11 Å². The van der Waals surface area contributed by atoms with Gasteiger partial charge in [-0.05, 0) is 31.7 Å². The summed E-state index contributed by atoms with van der Waals surface area (Å²) < 4.78 is 0. The molecule has 0 amide bonds. The Balaban J connectivity index is 1.87. The molecule has 3 heteroatoms. The van der Waals surface area contributed by atoms with Crippen LogP contribution in [0.3, 0.4) is 0 Å². The number of hydrogen-bond donors (Lipinski definition) is 1. The molecule has 1 heterocycles. The lowest BCUT2D eigenvalue weighted by atomic mass is 9.83. The Hall–Kier alpha value is -0.120. The maximum absolute atomic E-state index is 9.79. The van der Waals surface area contributed by atoms with E-state index in [1.165, 1.54) is 39.1 Å². The molecule has 2 fully saturated rings. The Morgan fingerprint density at radius 3 is 2.44 bits per heavy atom. The van der Waals surface area contributed by atoms with Crippen LogP contribution in [0.15, 0.2) is 0 Å². The summed E-state index contributed by atoms with van der Waals surface area (Å²) in [5.74, 6) is 0.761. The molecule has 3 atom stereocenters. The van der Waals surface area contributed by atoms with Crippen molar-refractivity contribution in [1.82, 2.24) is 9.80 Å². The standard InChI is InChI=1S/C13H26N2O/c1-3-14-6-8-15(9-7-14)13-10-12(16)5-4-11(13)2/h11-13,16H,3-10H2,1-2H3. The molecular formula is C13H26N2O. The van der Waals surface area contributed by atoms with Gasteiger partial charge in [-0.2, -0.15) is 0 Å². The number of piperazine rings is 1. The zero-order valence-electron chi connectivity index (χ0n) is 10.7. The van der Waals surface area contributed by atoms with Gasteiger partial charge in [0.1, 0.15) is 0 Å². The smallest absolute Gasteiger partial charge is 0.0555 e. The highest BCUT2D eigenvalue weighted by Crippen LogP contribution is 2.29. The van der Waals surface area contributed by atoms with Gasteiger partial charge >= 0.3 is 0 Å². The first kappa shape index (κ1) is 12.3. The third-order valence-electron chi connectivity index (χ3n) is 4.45. The van der Waals surface area contributed by atoms with Gasteiger partial charge in [-0.1, -0.05) is 13.8 Å². The topological polar surface area (TPSA) is 26.7 Å². The normalized spacial score (nSPS) is 38.8. The average Bonchev–Trinajstić information content (AvgIpc) is 2.32. The number of aliphatic hydroxyl groups is 1. The highest BCUT2D eigenvalue weighted by Gasteiger charge is 2.32. The second-order valence-corrected chi connectivity index (χ2v) is 5.48. The summed E-state index contributed by atoms with van der Waals surface area (Å²) in [6.45, 7) is 10.6. The highest BCUT2D eigenvalue weighted by molar-refractivity contribution is 4.87. The van der Waals surface area contributed by atoms with Gasteiger partial charge in [-0.3, -0.25) is 4.90 Å². The molecule has 1 aliphatic carbocycles. The summed E-state index contributed by atoms with van der Waals surface area (Å²) in [4.78, 5) is 5.12. The summed E-state index contributed by atoms with van der Waals surface area (Å²) in [5, 5.41) is 9.79. The lowest BCUT2D eigenvalue weighted by Crippen LogP contribution is -2.53. The predicted octanol–water partition coefficient (Wildman–Crippen LogP) is 1.17. The first-order valence-electron chi connectivity index (χ1n) is 6.85. The van der Waals surface area contributed by atoms with Crippen molar-refractivity contribution in [2.75, 3.05) is 32.7 Å². The molecule has 2 aliphatic rings. The number of hydrogen-bond acceptors (Lipinski definition) is 3. The largest absolute Gasteiger partial charge is 0.393 e. The molecule has 0 radical (unpaired) electrons. The molecule has 0 aromatic rings. The van der Waals surface area contributed by atoms with Crippen molar-refractivity contribution in [3.63, 3.8) is 0 Å². The summed E-state index contributed by atoms with van der Waals surface area (Å²) in [6.07, 6.45) is 3.14. The summed E-state index contributed by atoms with van der Waals surface area (Å²) in [6, 6.07) is 0.628. The SMILES string of the molecule is CCN1CCN(C2CC(O)CCC2C)CC1. The molecule has 0 spiro atoms. The second kappa shape index (κ2) is 5.48. The fourth-order valence-electron chi connectivity index (χ4n) is 3.20. The minimum atomic E-state index is -0.0506. The van der Waals surface area contributed by atoms with Gasteiger partial charge in [-0.15, -0.1) is 0 Å². The van der Waals surface area contributed by atoms with Gasteiger partial charge in [0.2, 0.25) is 0 Å². The lowest BCUT2D eigenvalue weighted by molar-refractivity contribution is 0.00942. The molecule has 2 rings (SSSR count). The van der Waals surface area contributed by atoms with E-state index in [0.717, 1.165) is 18.8 Å². The average molecular weight is 226 g/mol. The van der Waals surface area contributed by atoms with E-state index in [0.29, 0.717) is 6.04 Å². The summed E-state index contributed by atoms with van der Waals surface area (Å²) in [5.41, 5.74) is 0. The van der Waals surface area contributed by atoms with Crippen LogP contribution in [0.2, 0.25) is 0 Å². The van der Waals surface area contributed by atoms with Crippen LogP contribution >= 0.6 is 0 Å². The van der Waals surface area contributed by atoms with E-state index in [4.69, 9.17) is 0 Å². The van der Waals surface area contributed by atoms with Crippen LogP contribution in [0, 0.1) is 5.92 Å². The van der Waals surface area contributed by atoms with Crippen molar-refractivity contribution in [2.24, 2.45) is 5.92 Å². The number of nitrogens with zero attached hydrogens (tertiary/aromatic N) is 2. The summed E-state index contributed by atoms with van der Waals surface area (Å²) >= 11 is 0. The third-order valence-corrected chi connectivity index (χ3v) is 4.45. The van der Waals surface area contributed by atoms with E-state index < -0.39 is 0 Å². The van der Waals surface area contributed by atoms with Crippen LogP contribution in [-0.4, -0.2) is 59.8 Å². The zero-order valence-corrected chi connectivity index (χ0v) is 10.7. The molecule has 16 heavy (non-hydrogen) atoms. The lowest BCUT2D eigenvalue weighted by Gasteiger charge is -2.44. The van der Waals surface area contributed by atoms with Gasteiger partial charge in [0, 0.05) is 32.2 Å². The quantitative estimate of drug-likeness (QED) is 0.766. The Morgan fingerprint density at radius 1 is 1.12 bits per heavy atom. The van der Waals surface area contributed by atoms with E-state index in [9.17, 15) is 5.11 Å². The molecule has 94 valence electrons. The van der Waals surface area contributed by atoms with E-state index >= 15 is 0 Å². The van der Waals surface area contributed by atoms with Gasteiger partial charge in [0.25, 0.3) is 0 Å². The highest BCUT2D eigenvalue weighted by atomic mass is 16.3. The molecular weight excluding hydrogens is 200 g/mol. The van der Waals surface area contributed by atoms with Crippen molar-refractivity contribution >= 4 is 0 Å². The summed E-state index contributed by atoms with van der Waals surface area (Å²) in [7, 11) is 0. The third kappa shape index (κ3) is 2.76. The minimum Gasteiger partial charge on any atom is -0.393 e. The van der Waals surface area contributed by atoms with Crippen LogP contribution in [0.25, 0.3) is 0 Å². The van der Waals surface area contributed by atoms with Crippen LogP contribution < -0.4 is 0 Å². The second-order valence-electron chi connectivity index (χ2n) is 5.48. The molecule has 0 aromatic heterocycles. The molecule has 0 aromatic carbocycles. The fraction of sp³-hybridized carbons (Fsp3) is 1.00.